The number of carbonyl (C=O) groups excluding carboxylic acids is 2. The van der Waals surface area contributed by atoms with Crippen LogP contribution in [0.3, 0.4) is 0 Å². The number of ketones is 1. The first kappa shape index (κ1) is 22.0. The number of nitrogens with zero attached hydrogens (tertiary/aromatic N) is 1. The lowest BCUT2D eigenvalue weighted by molar-refractivity contribution is -0.136. The highest BCUT2D eigenvalue weighted by atomic mass is 16.5. The van der Waals surface area contributed by atoms with Crippen LogP contribution in [0, 0.1) is 27.7 Å². The van der Waals surface area contributed by atoms with Crippen molar-refractivity contribution in [3.8, 4) is 5.69 Å². The molecule has 34 heavy (non-hydrogen) atoms. The Bertz CT molecular complexity index is 1450. The number of aromatic nitrogens is 1. The summed E-state index contributed by atoms with van der Waals surface area (Å²) in [6, 6.07) is 16.1. The van der Waals surface area contributed by atoms with Crippen molar-refractivity contribution in [2.24, 2.45) is 0 Å². The molecule has 1 aliphatic carbocycles. The van der Waals surface area contributed by atoms with Crippen molar-refractivity contribution in [3.05, 3.63) is 105 Å². The molecule has 1 aromatic heterocycles. The second kappa shape index (κ2) is 7.87. The average Bonchev–Trinajstić information content (AvgIpc) is 3.27. The van der Waals surface area contributed by atoms with E-state index in [4.69, 9.17) is 4.74 Å². The summed E-state index contributed by atoms with van der Waals surface area (Å²) in [5.74, 6) is -0.996. The van der Waals surface area contributed by atoms with E-state index in [2.05, 4.69) is 61.8 Å². The molecule has 172 valence electrons. The molecule has 2 aromatic carbocycles. The van der Waals surface area contributed by atoms with E-state index in [0.29, 0.717) is 22.4 Å². The summed E-state index contributed by atoms with van der Waals surface area (Å²) in [7, 11) is 1.38. The Morgan fingerprint density at radius 3 is 2.32 bits per heavy atom. The van der Waals surface area contributed by atoms with Crippen molar-refractivity contribution < 1.29 is 14.3 Å². The lowest BCUT2D eigenvalue weighted by Crippen LogP contribution is -2.29. The van der Waals surface area contributed by atoms with Crippen molar-refractivity contribution in [2.75, 3.05) is 7.11 Å². The van der Waals surface area contributed by atoms with Gasteiger partial charge in [-0.3, -0.25) is 4.79 Å². The van der Waals surface area contributed by atoms with Gasteiger partial charge in [-0.05, 0) is 69.5 Å². The van der Waals surface area contributed by atoms with E-state index < -0.39 is 11.9 Å². The van der Waals surface area contributed by atoms with Gasteiger partial charge in [-0.25, -0.2) is 4.79 Å². The molecule has 1 aliphatic heterocycles. The molecule has 1 N–H and O–H groups in total. The number of hydrogen-bond acceptors (Lipinski definition) is 4. The van der Waals surface area contributed by atoms with Gasteiger partial charge >= 0.3 is 5.97 Å². The maximum absolute atomic E-state index is 13.7. The van der Waals surface area contributed by atoms with Crippen molar-refractivity contribution >= 4 is 17.4 Å². The number of nitrogens with one attached hydrogen (secondary N) is 1. The molecule has 5 nitrogen and oxygen atoms in total. The molecule has 0 bridgehead atoms. The number of dihydropyridines is 1. The monoisotopic (exact) mass is 452 g/mol. The number of Topliss-reactive ketones (excluding diaryl/α,β-unsaturated/α-hetero) is 1. The maximum atomic E-state index is 13.7. The first-order valence-electron chi connectivity index (χ1n) is 11.5. The van der Waals surface area contributed by atoms with Crippen LogP contribution in [0.5, 0.6) is 0 Å². The molecule has 2 heterocycles. The number of esters is 1. The molecule has 0 amide bonds. The van der Waals surface area contributed by atoms with E-state index in [1.807, 2.05) is 31.2 Å². The molecule has 2 aliphatic rings. The minimum Gasteiger partial charge on any atom is -0.466 e. The first-order chi connectivity index (χ1) is 16.2. The number of ether oxygens (including phenoxy) is 1. The molecule has 0 radical (unpaired) electrons. The Balaban J connectivity index is 1.75. The molecule has 5 heteroatoms. The summed E-state index contributed by atoms with van der Waals surface area (Å²) in [5.41, 5.74) is 10.6. The maximum Gasteiger partial charge on any atom is 0.336 e. The Hall–Kier alpha value is -3.86. The van der Waals surface area contributed by atoms with Gasteiger partial charge in [0.15, 0.2) is 5.78 Å². The van der Waals surface area contributed by atoms with Crippen LogP contribution >= 0.6 is 0 Å². The molecule has 0 spiro atoms. The van der Waals surface area contributed by atoms with Crippen molar-refractivity contribution in [2.45, 2.75) is 40.5 Å². The van der Waals surface area contributed by atoms with Gasteiger partial charge in [-0.1, -0.05) is 30.3 Å². The van der Waals surface area contributed by atoms with E-state index in [-0.39, 0.29) is 5.78 Å². The van der Waals surface area contributed by atoms with Crippen LogP contribution in [0.1, 0.15) is 56.8 Å². The van der Waals surface area contributed by atoms with Gasteiger partial charge in [0.2, 0.25) is 0 Å². The van der Waals surface area contributed by atoms with Gasteiger partial charge in [0, 0.05) is 39.5 Å². The fraction of sp³-hybridized carbons (Fsp3) is 0.241. The van der Waals surface area contributed by atoms with E-state index in [1.54, 1.807) is 0 Å². The summed E-state index contributed by atoms with van der Waals surface area (Å²) in [6.07, 6.45) is 0. The largest absolute Gasteiger partial charge is 0.466 e. The van der Waals surface area contributed by atoms with Crippen molar-refractivity contribution in [1.82, 2.24) is 9.88 Å². The van der Waals surface area contributed by atoms with Gasteiger partial charge < -0.3 is 14.6 Å². The van der Waals surface area contributed by atoms with Gasteiger partial charge in [-0.15, -0.1) is 0 Å². The van der Waals surface area contributed by atoms with Crippen LogP contribution in [0.15, 0.2) is 65.4 Å². The van der Waals surface area contributed by atoms with Gasteiger partial charge in [0.05, 0.1) is 24.3 Å². The fourth-order valence-corrected chi connectivity index (χ4v) is 5.36. The zero-order valence-electron chi connectivity index (χ0n) is 20.4. The number of rotatable bonds is 3. The zero-order chi connectivity index (χ0) is 24.3. The molecule has 3 aromatic rings. The smallest absolute Gasteiger partial charge is 0.336 e. The van der Waals surface area contributed by atoms with Crippen molar-refractivity contribution in [3.63, 3.8) is 0 Å². The van der Waals surface area contributed by atoms with Crippen LogP contribution in [-0.4, -0.2) is 23.4 Å². The van der Waals surface area contributed by atoms with E-state index in [0.717, 1.165) is 33.9 Å². The van der Waals surface area contributed by atoms with Crippen LogP contribution in [0.25, 0.3) is 11.4 Å². The van der Waals surface area contributed by atoms with Crippen LogP contribution in [-0.2, 0) is 9.53 Å². The topological polar surface area (TPSA) is 60.3 Å². The Kier molecular flexibility index (Phi) is 5.08. The molecule has 1 atom stereocenters. The third-order valence-electron chi connectivity index (χ3n) is 7.18. The number of fused-ring (bicyclic) bond motifs is 2. The van der Waals surface area contributed by atoms with Gasteiger partial charge in [-0.2, -0.15) is 0 Å². The van der Waals surface area contributed by atoms with Gasteiger partial charge in [0.25, 0.3) is 0 Å². The third-order valence-corrected chi connectivity index (χ3v) is 7.18. The molecule has 5 rings (SSSR count). The quantitative estimate of drug-likeness (QED) is 0.537. The number of carbonyl (C=O) groups is 2. The summed E-state index contributed by atoms with van der Waals surface area (Å²) in [5, 5.41) is 3.35. The summed E-state index contributed by atoms with van der Waals surface area (Å²) in [6.45, 7) is 10.2. The molecular weight excluding hydrogens is 424 g/mol. The summed E-state index contributed by atoms with van der Waals surface area (Å²) < 4.78 is 7.38. The van der Waals surface area contributed by atoms with Crippen molar-refractivity contribution in [1.29, 1.82) is 0 Å². The lowest BCUT2D eigenvalue weighted by atomic mass is 9.79. The third kappa shape index (κ3) is 3.07. The summed E-state index contributed by atoms with van der Waals surface area (Å²) in [4.78, 5) is 26.7. The number of methoxy groups -OCH3 is 1. The fourth-order valence-electron chi connectivity index (χ4n) is 5.36. The normalized spacial score (nSPS) is 17.0. The predicted octanol–water partition coefficient (Wildman–Crippen LogP) is 5.45. The second-order valence-electron chi connectivity index (χ2n) is 9.18. The molecular formula is C29H28N2O3. The van der Waals surface area contributed by atoms with Gasteiger partial charge in [0.1, 0.15) is 0 Å². The molecule has 0 saturated carbocycles. The molecule has 0 fully saturated rings. The SMILES string of the molecule is COC(=O)C1=C(C)NC2=C(C(=O)c3ccccc32)[C@@H]1c1cc(C)n(-c2ccc(C)c(C)c2)c1C. The van der Waals surface area contributed by atoms with E-state index in [1.165, 1.54) is 18.2 Å². The van der Waals surface area contributed by atoms with Crippen LogP contribution in [0.4, 0.5) is 0 Å². The second-order valence-corrected chi connectivity index (χ2v) is 9.18. The number of aryl methyl sites for hydroxylation is 3. The Morgan fingerprint density at radius 1 is 0.941 bits per heavy atom. The highest BCUT2D eigenvalue weighted by molar-refractivity contribution is 6.23. The van der Waals surface area contributed by atoms with E-state index in [9.17, 15) is 9.59 Å². The predicted molar refractivity (Wildman–Crippen MR) is 133 cm³/mol. The first-order valence-corrected chi connectivity index (χ1v) is 11.5. The minimum atomic E-state index is -0.518. The average molecular weight is 453 g/mol. The zero-order valence-corrected chi connectivity index (χ0v) is 20.4. The highest BCUT2D eigenvalue weighted by Gasteiger charge is 2.43. The molecule has 0 saturated heterocycles. The Morgan fingerprint density at radius 2 is 1.65 bits per heavy atom. The number of hydrogen-bond donors (Lipinski definition) is 1. The minimum absolute atomic E-state index is 0.0482. The highest BCUT2D eigenvalue weighted by Crippen LogP contribution is 2.48. The summed E-state index contributed by atoms with van der Waals surface area (Å²) >= 11 is 0. The Labute approximate surface area is 199 Å². The number of benzene rings is 2. The lowest BCUT2D eigenvalue weighted by Gasteiger charge is -2.29. The molecule has 0 unspecified atom stereocenters. The number of allylic oxidation sites excluding steroid dienone is 2. The standard InChI is InChI=1S/C29H28N2O3/c1-15-11-12-20(13-16(15)2)31-17(3)14-23(19(31)5)25-24(29(33)34-6)18(4)30-27-21-9-7-8-10-22(21)28(32)26(25)27/h7-14,25,30H,1-6H3/t25-/m1/s1. The van der Waals surface area contributed by atoms with E-state index >= 15 is 0 Å². The van der Waals surface area contributed by atoms with Crippen LogP contribution in [0.2, 0.25) is 0 Å². The van der Waals surface area contributed by atoms with Crippen LogP contribution < -0.4 is 5.32 Å².